The van der Waals surface area contributed by atoms with Crippen LogP contribution in [0.2, 0.25) is 0 Å². The van der Waals surface area contributed by atoms with Gasteiger partial charge < -0.3 is 10.1 Å². The number of ether oxygens (including phenoxy) is 1. The first-order valence-electron chi connectivity index (χ1n) is 6.92. The topological polar surface area (TPSA) is 55.4 Å². The summed E-state index contributed by atoms with van der Waals surface area (Å²) < 4.78 is 5.13. The molecule has 0 unspecified atom stereocenters. The zero-order valence-electron chi connectivity index (χ0n) is 11.8. The monoisotopic (exact) mass is 293 g/mol. The molecule has 0 fully saturated rings. The van der Waals surface area contributed by atoms with Crippen LogP contribution in [-0.4, -0.2) is 18.5 Å². The second-order valence-electron chi connectivity index (χ2n) is 4.62. The van der Waals surface area contributed by atoms with Crippen LogP contribution in [0.3, 0.4) is 0 Å². The first-order chi connectivity index (χ1) is 9.67. The maximum absolute atomic E-state index is 12.2. The lowest BCUT2D eigenvalue weighted by molar-refractivity contribution is -0.111. The van der Waals surface area contributed by atoms with E-state index in [9.17, 15) is 9.59 Å². The van der Waals surface area contributed by atoms with Crippen molar-refractivity contribution in [3.8, 4) is 0 Å². The van der Waals surface area contributed by atoms with Gasteiger partial charge in [0.1, 0.15) is 5.00 Å². The molecule has 1 aliphatic rings. The summed E-state index contributed by atoms with van der Waals surface area (Å²) in [7, 11) is 0. The lowest BCUT2D eigenvalue weighted by Crippen LogP contribution is -2.14. The van der Waals surface area contributed by atoms with Crippen LogP contribution >= 0.6 is 11.3 Å². The van der Waals surface area contributed by atoms with E-state index in [1.54, 1.807) is 19.9 Å². The first-order valence-corrected chi connectivity index (χ1v) is 7.74. The Balaban J connectivity index is 2.36. The van der Waals surface area contributed by atoms with Crippen LogP contribution in [0.5, 0.6) is 0 Å². The summed E-state index contributed by atoms with van der Waals surface area (Å²) in [6, 6.07) is 0. The number of esters is 1. The number of nitrogens with one attached hydrogen (secondary N) is 1. The van der Waals surface area contributed by atoms with Crippen molar-refractivity contribution in [2.75, 3.05) is 11.9 Å². The van der Waals surface area contributed by atoms with Crippen LogP contribution in [0.25, 0.3) is 0 Å². The maximum atomic E-state index is 12.2. The smallest absolute Gasteiger partial charge is 0.341 e. The summed E-state index contributed by atoms with van der Waals surface area (Å²) in [6.07, 6.45) is 7.21. The van der Waals surface area contributed by atoms with Gasteiger partial charge in [0.2, 0.25) is 5.91 Å². The van der Waals surface area contributed by atoms with Gasteiger partial charge in [0.15, 0.2) is 0 Å². The number of carbonyl (C=O) groups is 2. The Morgan fingerprint density at radius 2 is 2.10 bits per heavy atom. The number of carbonyl (C=O) groups excluding carboxylic acids is 2. The number of rotatable bonds is 4. The molecule has 4 nitrogen and oxygen atoms in total. The Morgan fingerprint density at radius 1 is 1.35 bits per heavy atom. The second kappa shape index (κ2) is 6.70. The van der Waals surface area contributed by atoms with E-state index < -0.39 is 0 Å². The Bertz CT molecular complexity index is 546. The van der Waals surface area contributed by atoms with E-state index in [4.69, 9.17) is 4.74 Å². The van der Waals surface area contributed by atoms with Crippen molar-refractivity contribution in [1.82, 2.24) is 0 Å². The summed E-state index contributed by atoms with van der Waals surface area (Å²) in [6.45, 7) is 3.91. The van der Waals surface area contributed by atoms with Gasteiger partial charge in [-0.1, -0.05) is 6.08 Å². The van der Waals surface area contributed by atoms with Crippen molar-refractivity contribution in [2.24, 2.45) is 0 Å². The number of amides is 1. The molecule has 0 saturated carbocycles. The van der Waals surface area contributed by atoms with E-state index >= 15 is 0 Å². The average Bonchev–Trinajstić information content (AvgIpc) is 2.76. The van der Waals surface area contributed by atoms with Crippen LogP contribution in [0.1, 0.15) is 47.5 Å². The number of aryl methyl sites for hydroxylation is 1. The molecule has 1 heterocycles. The fraction of sp³-hybridized carbons (Fsp3) is 0.467. The molecule has 0 aromatic carbocycles. The molecular formula is C15H19NO3S. The van der Waals surface area contributed by atoms with E-state index in [0.29, 0.717) is 17.2 Å². The summed E-state index contributed by atoms with van der Waals surface area (Å²) in [5.41, 5.74) is 1.62. The number of hydrogen-bond acceptors (Lipinski definition) is 4. The molecule has 1 aromatic heterocycles. The van der Waals surface area contributed by atoms with E-state index in [-0.39, 0.29) is 11.9 Å². The number of fused-ring (bicyclic) bond motifs is 1. The van der Waals surface area contributed by atoms with Crippen molar-refractivity contribution >= 4 is 28.2 Å². The Labute approximate surface area is 122 Å². The summed E-state index contributed by atoms with van der Waals surface area (Å²) in [5, 5.41) is 3.42. The van der Waals surface area contributed by atoms with E-state index in [0.717, 1.165) is 31.2 Å². The molecule has 0 aliphatic heterocycles. The molecular weight excluding hydrogens is 274 g/mol. The Hall–Kier alpha value is -1.62. The maximum Gasteiger partial charge on any atom is 0.341 e. The largest absolute Gasteiger partial charge is 0.462 e. The normalized spacial score (nSPS) is 14.1. The molecule has 20 heavy (non-hydrogen) atoms. The highest BCUT2D eigenvalue weighted by molar-refractivity contribution is 7.17. The number of thiophene rings is 1. The lowest BCUT2D eigenvalue weighted by Gasteiger charge is -2.12. The lowest BCUT2D eigenvalue weighted by atomic mass is 9.95. The number of anilines is 1. The minimum atomic E-state index is -0.331. The van der Waals surface area contributed by atoms with E-state index in [1.807, 2.05) is 0 Å². The second-order valence-corrected chi connectivity index (χ2v) is 5.73. The Morgan fingerprint density at radius 3 is 2.80 bits per heavy atom. The van der Waals surface area contributed by atoms with Crippen LogP contribution in [-0.2, 0) is 22.4 Å². The van der Waals surface area contributed by atoms with Crippen molar-refractivity contribution in [3.63, 3.8) is 0 Å². The van der Waals surface area contributed by atoms with Gasteiger partial charge in [-0.05, 0) is 51.2 Å². The zero-order valence-corrected chi connectivity index (χ0v) is 12.6. The molecule has 0 radical (unpaired) electrons. The molecule has 0 saturated heterocycles. The molecule has 5 heteroatoms. The number of hydrogen-bond donors (Lipinski definition) is 1. The van der Waals surface area contributed by atoms with Crippen LogP contribution in [0.4, 0.5) is 5.00 Å². The summed E-state index contributed by atoms with van der Waals surface area (Å²) in [4.78, 5) is 25.1. The first kappa shape index (κ1) is 14.8. The van der Waals surface area contributed by atoms with Gasteiger partial charge in [0, 0.05) is 4.88 Å². The Kier molecular flexibility index (Phi) is 4.95. The van der Waals surface area contributed by atoms with Gasteiger partial charge in [-0.3, -0.25) is 4.79 Å². The SMILES string of the molecule is C/C=C/C(=O)Nc1sc2c(c1C(=O)OCC)CCCC2. The predicted molar refractivity (Wildman–Crippen MR) is 80.4 cm³/mol. The van der Waals surface area contributed by atoms with E-state index in [1.165, 1.54) is 22.3 Å². The predicted octanol–water partition coefficient (Wildman–Crippen LogP) is 3.32. The molecule has 1 aliphatic carbocycles. The standard InChI is InChI=1S/C15H19NO3S/c1-3-7-12(17)16-14-13(15(18)19-4-2)10-8-5-6-9-11(10)20-14/h3,7H,4-6,8-9H2,1-2H3,(H,16,17)/b7-3+. The van der Waals surface area contributed by atoms with Crippen LogP contribution in [0.15, 0.2) is 12.2 Å². The molecule has 0 spiro atoms. The van der Waals surface area contributed by atoms with Crippen molar-refractivity contribution in [2.45, 2.75) is 39.5 Å². The highest BCUT2D eigenvalue weighted by atomic mass is 32.1. The molecule has 0 bridgehead atoms. The molecule has 1 N–H and O–H groups in total. The molecule has 0 atom stereocenters. The molecule has 1 aromatic rings. The minimum absolute atomic E-state index is 0.211. The zero-order chi connectivity index (χ0) is 14.5. The molecule has 108 valence electrons. The van der Waals surface area contributed by atoms with Crippen molar-refractivity contribution < 1.29 is 14.3 Å². The van der Waals surface area contributed by atoms with Crippen molar-refractivity contribution in [1.29, 1.82) is 0 Å². The van der Waals surface area contributed by atoms with Gasteiger partial charge in [0.25, 0.3) is 0 Å². The van der Waals surface area contributed by atoms with Gasteiger partial charge in [-0.2, -0.15) is 0 Å². The van der Waals surface area contributed by atoms with E-state index in [2.05, 4.69) is 5.32 Å². The third kappa shape index (κ3) is 3.10. The van der Waals surface area contributed by atoms with Gasteiger partial charge >= 0.3 is 5.97 Å². The van der Waals surface area contributed by atoms with Gasteiger partial charge in [0.05, 0.1) is 12.2 Å². The third-order valence-electron chi connectivity index (χ3n) is 3.21. The minimum Gasteiger partial charge on any atom is -0.462 e. The fourth-order valence-corrected chi connectivity index (χ4v) is 3.66. The van der Waals surface area contributed by atoms with Gasteiger partial charge in [-0.25, -0.2) is 4.79 Å². The summed E-state index contributed by atoms with van der Waals surface area (Å²) in [5.74, 6) is -0.542. The number of allylic oxidation sites excluding steroid dienone is 1. The molecule has 2 rings (SSSR count). The average molecular weight is 293 g/mol. The van der Waals surface area contributed by atoms with Crippen LogP contribution < -0.4 is 5.32 Å². The molecule has 1 amide bonds. The highest BCUT2D eigenvalue weighted by Gasteiger charge is 2.26. The quantitative estimate of drug-likeness (QED) is 0.684. The third-order valence-corrected chi connectivity index (χ3v) is 4.41. The summed E-state index contributed by atoms with van der Waals surface area (Å²) >= 11 is 1.50. The fourth-order valence-electron chi connectivity index (χ4n) is 2.38. The van der Waals surface area contributed by atoms with Crippen LogP contribution in [0, 0.1) is 0 Å². The highest BCUT2D eigenvalue weighted by Crippen LogP contribution is 2.38. The van der Waals surface area contributed by atoms with Gasteiger partial charge in [-0.15, -0.1) is 11.3 Å². The van der Waals surface area contributed by atoms with Crippen molar-refractivity contribution in [3.05, 3.63) is 28.2 Å².